The Morgan fingerprint density at radius 3 is 2.81 bits per heavy atom. The van der Waals surface area contributed by atoms with Crippen molar-refractivity contribution in [1.82, 2.24) is 10.1 Å². The van der Waals surface area contributed by atoms with Gasteiger partial charge in [-0.2, -0.15) is 4.98 Å². The highest BCUT2D eigenvalue weighted by molar-refractivity contribution is 9.10. The Hall–Kier alpha value is -1.40. The van der Waals surface area contributed by atoms with Gasteiger partial charge >= 0.3 is 0 Å². The van der Waals surface area contributed by atoms with Gasteiger partial charge in [-0.1, -0.05) is 5.16 Å². The van der Waals surface area contributed by atoms with Gasteiger partial charge in [0.05, 0.1) is 0 Å². The first-order valence-corrected chi connectivity index (χ1v) is 7.97. The third kappa shape index (κ3) is 2.70. The van der Waals surface area contributed by atoms with Gasteiger partial charge in [-0.3, -0.25) is 0 Å². The van der Waals surface area contributed by atoms with Gasteiger partial charge in [0.2, 0.25) is 5.82 Å². The first-order chi connectivity index (χ1) is 10.1. The van der Waals surface area contributed by atoms with Crippen LogP contribution in [-0.2, 0) is 10.3 Å². The van der Waals surface area contributed by atoms with E-state index in [1.165, 1.54) is 0 Å². The van der Waals surface area contributed by atoms with Gasteiger partial charge in [0, 0.05) is 22.3 Å². The maximum Gasteiger partial charge on any atom is 0.258 e. The van der Waals surface area contributed by atoms with Crippen LogP contribution in [0.3, 0.4) is 0 Å². The summed E-state index contributed by atoms with van der Waals surface area (Å²) in [6, 6.07) is 5.60. The number of nitrogen functional groups attached to an aromatic ring is 1. The molecule has 0 bridgehead atoms. The molecule has 2 N–H and O–H groups in total. The van der Waals surface area contributed by atoms with Gasteiger partial charge in [0.25, 0.3) is 5.89 Å². The third-order valence-corrected chi connectivity index (χ3v) is 4.63. The smallest absolute Gasteiger partial charge is 0.258 e. The molecular weight excluding hydrogens is 334 g/mol. The Balaban J connectivity index is 1.93. The van der Waals surface area contributed by atoms with E-state index < -0.39 is 0 Å². The Labute approximate surface area is 132 Å². The summed E-state index contributed by atoms with van der Waals surface area (Å²) in [5.41, 5.74) is 6.99. The molecule has 1 aliphatic rings. The zero-order valence-corrected chi connectivity index (χ0v) is 13.5. The molecule has 6 heteroatoms. The molecule has 1 fully saturated rings. The molecule has 0 saturated heterocycles. The van der Waals surface area contributed by atoms with Crippen molar-refractivity contribution in [3.8, 4) is 11.5 Å². The van der Waals surface area contributed by atoms with E-state index in [2.05, 4.69) is 26.1 Å². The fourth-order valence-electron chi connectivity index (χ4n) is 2.86. The lowest BCUT2D eigenvalue weighted by molar-refractivity contribution is -0.0469. The van der Waals surface area contributed by atoms with Crippen molar-refractivity contribution in [2.45, 2.75) is 38.2 Å². The molecule has 0 amide bonds. The zero-order valence-electron chi connectivity index (χ0n) is 11.9. The van der Waals surface area contributed by atoms with Crippen LogP contribution >= 0.6 is 15.9 Å². The summed E-state index contributed by atoms with van der Waals surface area (Å²) < 4.78 is 12.2. The van der Waals surface area contributed by atoms with Gasteiger partial charge < -0.3 is 15.0 Å². The molecular formula is C15H18BrN3O2. The van der Waals surface area contributed by atoms with Crippen LogP contribution in [0.4, 0.5) is 5.69 Å². The van der Waals surface area contributed by atoms with Gasteiger partial charge in [-0.05, 0) is 66.7 Å². The maximum absolute atomic E-state index is 5.95. The lowest BCUT2D eigenvalue weighted by Gasteiger charge is -2.24. The molecule has 21 heavy (non-hydrogen) atoms. The van der Waals surface area contributed by atoms with Crippen molar-refractivity contribution in [2.75, 3.05) is 12.3 Å². The van der Waals surface area contributed by atoms with Crippen molar-refractivity contribution in [3.05, 3.63) is 28.5 Å². The monoisotopic (exact) mass is 351 g/mol. The van der Waals surface area contributed by atoms with E-state index in [0.29, 0.717) is 24.0 Å². The number of nitrogens with two attached hydrogens (primary N) is 1. The second-order valence-corrected chi connectivity index (χ2v) is 6.15. The number of benzene rings is 1. The number of aromatic nitrogens is 2. The molecule has 3 rings (SSSR count). The number of rotatable bonds is 4. The van der Waals surface area contributed by atoms with E-state index in [0.717, 1.165) is 35.7 Å². The average Bonchev–Trinajstić information content (AvgIpc) is 3.12. The zero-order chi connectivity index (χ0) is 14.9. The summed E-state index contributed by atoms with van der Waals surface area (Å²) in [5, 5.41) is 4.15. The molecule has 0 atom stereocenters. The summed E-state index contributed by atoms with van der Waals surface area (Å²) in [6.07, 6.45) is 4.16. The van der Waals surface area contributed by atoms with E-state index in [9.17, 15) is 0 Å². The van der Waals surface area contributed by atoms with E-state index in [1.54, 1.807) is 0 Å². The van der Waals surface area contributed by atoms with Crippen LogP contribution < -0.4 is 5.73 Å². The molecule has 1 saturated carbocycles. The third-order valence-electron chi connectivity index (χ3n) is 3.91. The van der Waals surface area contributed by atoms with E-state index in [1.807, 2.05) is 25.1 Å². The lowest BCUT2D eigenvalue weighted by Crippen LogP contribution is -2.27. The highest BCUT2D eigenvalue weighted by Crippen LogP contribution is 2.41. The normalized spacial score (nSPS) is 17.2. The molecule has 5 nitrogen and oxygen atoms in total. The predicted octanol–water partition coefficient (Wildman–Crippen LogP) is 3.89. The quantitative estimate of drug-likeness (QED) is 0.845. The van der Waals surface area contributed by atoms with E-state index in [4.69, 9.17) is 15.0 Å². The molecule has 1 heterocycles. The Kier molecular flexibility index (Phi) is 3.99. The van der Waals surface area contributed by atoms with Crippen molar-refractivity contribution in [2.24, 2.45) is 0 Å². The van der Waals surface area contributed by atoms with Crippen LogP contribution in [0.1, 0.15) is 38.4 Å². The molecule has 112 valence electrons. The number of hydrogen-bond donors (Lipinski definition) is 1. The number of hydrogen-bond acceptors (Lipinski definition) is 5. The maximum atomic E-state index is 5.95. The SMILES string of the molecule is CCOC1(c2noc(-c3ccc(Br)c(N)c3)n2)CCCC1. The van der Waals surface area contributed by atoms with E-state index >= 15 is 0 Å². The van der Waals surface area contributed by atoms with Crippen molar-refractivity contribution in [3.63, 3.8) is 0 Å². The minimum absolute atomic E-state index is 0.378. The van der Waals surface area contributed by atoms with Crippen molar-refractivity contribution in [1.29, 1.82) is 0 Å². The van der Waals surface area contributed by atoms with Gasteiger partial charge in [-0.25, -0.2) is 0 Å². The Morgan fingerprint density at radius 2 is 2.14 bits per heavy atom. The average molecular weight is 352 g/mol. The summed E-state index contributed by atoms with van der Waals surface area (Å²) in [5.74, 6) is 1.13. The van der Waals surface area contributed by atoms with Gasteiger partial charge in [-0.15, -0.1) is 0 Å². The predicted molar refractivity (Wildman–Crippen MR) is 83.6 cm³/mol. The molecule has 0 radical (unpaired) electrons. The number of anilines is 1. The van der Waals surface area contributed by atoms with Crippen LogP contribution in [-0.4, -0.2) is 16.7 Å². The first-order valence-electron chi connectivity index (χ1n) is 7.18. The number of nitrogens with zero attached hydrogens (tertiary/aromatic N) is 2. The van der Waals surface area contributed by atoms with Crippen molar-refractivity contribution >= 4 is 21.6 Å². The largest absolute Gasteiger partial charge is 0.398 e. The minimum Gasteiger partial charge on any atom is -0.398 e. The lowest BCUT2D eigenvalue weighted by atomic mass is 10.0. The topological polar surface area (TPSA) is 74.2 Å². The summed E-state index contributed by atoms with van der Waals surface area (Å²) in [7, 11) is 0. The minimum atomic E-state index is -0.378. The van der Waals surface area contributed by atoms with Crippen LogP contribution in [0.2, 0.25) is 0 Å². The van der Waals surface area contributed by atoms with Gasteiger partial charge in [0.15, 0.2) is 0 Å². The van der Waals surface area contributed by atoms with E-state index in [-0.39, 0.29) is 5.60 Å². The number of ether oxygens (including phenoxy) is 1. The molecule has 1 aromatic carbocycles. The number of halogens is 1. The Bertz CT molecular complexity index is 636. The molecule has 0 unspecified atom stereocenters. The molecule has 1 aliphatic carbocycles. The van der Waals surface area contributed by atoms with Crippen LogP contribution in [0, 0.1) is 0 Å². The fourth-order valence-corrected chi connectivity index (χ4v) is 3.10. The summed E-state index contributed by atoms with van der Waals surface area (Å²) >= 11 is 3.38. The Morgan fingerprint density at radius 1 is 1.38 bits per heavy atom. The van der Waals surface area contributed by atoms with Crippen LogP contribution in [0.25, 0.3) is 11.5 Å². The highest BCUT2D eigenvalue weighted by Gasteiger charge is 2.40. The van der Waals surface area contributed by atoms with Crippen molar-refractivity contribution < 1.29 is 9.26 Å². The molecule has 2 aromatic rings. The van der Waals surface area contributed by atoms with Gasteiger partial charge in [0.1, 0.15) is 5.60 Å². The molecule has 1 aromatic heterocycles. The standard InChI is InChI=1S/C15H18BrN3O2/c1-2-20-15(7-3-4-8-15)14-18-13(21-19-14)10-5-6-11(16)12(17)9-10/h5-6,9H,2-4,7-8,17H2,1H3. The van der Waals surface area contributed by atoms with Crippen LogP contribution in [0.5, 0.6) is 0 Å². The second kappa shape index (κ2) is 5.77. The summed E-state index contributed by atoms with van der Waals surface area (Å²) in [4.78, 5) is 4.55. The van der Waals surface area contributed by atoms with Crippen LogP contribution in [0.15, 0.2) is 27.2 Å². The second-order valence-electron chi connectivity index (χ2n) is 5.29. The summed E-state index contributed by atoms with van der Waals surface area (Å²) in [6.45, 7) is 2.64. The highest BCUT2D eigenvalue weighted by atomic mass is 79.9. The fraction of sp³-hybridized carbons (Fsp3) is 0.467. The molecule has 0 spiro atoms. The molecule has 0 aliphatic heterocycles. The first kappa shape index (κ1) is 14.5.